The average molecular weight is 411 g/mol. The maximum atomic E-state index is 13.0. The van der Waals surface area contributed by atoms with E-state index in [2.05, 4.69) is 10.4 Å². The lowest BCUT2D eigenvalue weighted by atomic mass is 10.0. The number of aromatic nitrogens is 2. The molecule has 3 rings (SSSR count). The molecule has 1 atom stereocenters. The number of nitrogens with two attached hydrogens (primary N) is 1. The van der Waals surface area contributed by atoms with Gasteiger partial charge in [0.05, 0.1) is 0 Å². The zero-order valence-electron chi connectivity index (χ0n) is 15.6. The second kappa shape index (κ2) is 8.70. The predicted molar refractivity (Wildman–Crippen MR) is 109 cm³/mol. The summed E-state index contributed by atoms with van der Waals surface area (Å²) in [6, 6.07) is 17.0. The van der Waals surface area contributed by atoms with E-state index in [1.807, 2.05) is 24.3 Å². The molecule has 1 aromatic heterocycles. The molecule has 0 bridgehead atoms. The molecule has 0 saturated heterocycles. The Morgan fingerprint density at radius 1 is 1.07 bits per heavy atom. The van der Waals surface area contributed by atoms with E-state index in [1.54, 1.807) is 43.4 Å². The fraction of sp³-hybridized carbons (Fsp3) is 0.143. The number of hydrogen-bond donors (Lipinski definition) is 2. The summed E-state index contributed by atoms with van der Waals surface area (Å²) in [6.07, 6.45) is 0.118. The number of rotatable bonds is 7. The van der Waals surface area contributed by atoms with E-state index in [9.17, 15) is 14.4 Å². The number of primary amides is 1. The monoisotopic (exact) mass is 410 g/mol. The standard InChI is InChI=1S/C21H19ClN4O3/c1-26-19(22)16(17(25-26)14-10-6-3-7-11-14)21(29)24-15(18(27)20(23)28)12-13-8-4-2-5-9-13/h2-11,15H,12H2,1H3,(H2,23,28)(H,24,29)/t15-/m0/s1. The lowest BCUT2D eigenvalue weighted by molar-refractivity contribution is -0.137. The Bertz CT molecular complexity index is 1050. The van der Waals surface area contributed by atoms with E-state index in [0.29, 0.717) is 11.3 Å². The average Bonchev–Trinajstić information content (AvgIpc) is 3.03. The van der Waals surface area contributed by atoms with Gasteiger partial charge in [-0.3, -0.25) is 19.1 Å². The Balaban J connectivity index is 1.94. The van der Waals surface area contributed by atoms with Gasteiger partial charge in [-0.2, -0.15) is 5.10 Å². The van der Waals surface area contributed by atoms with Gasteiger partial charge in [0.1, 0.15) is 22.5 Å². The number of carbonyl (C=O) groups is 3. The van der Waals surface area contributed by atoms with Crippen molar-refractivity contribution in [3.63, 3.8) is 0 Å². The number of aryl methyl sites for hydroxylation is 1. The van der Waals surface area contributed by atoms with E-state index in [0.717, 1.165) is 5.56 Å². The van der Waals surface area contributed by atoms with Gasteiger partial charge in [-0.15, -0.1) is 0 Å². The molecule has 0 fully saturated rings. The smallest absolute Gasteiger partial charge is 0.287 e. The van der Waals surface area contributed by atoms with Crippen molar-refractivity contribution in [1.29, 1.82) is 0 Å². The fourth-order valence-corrected chi connectivity index (χ4v) is 3.18. The van der Waals surface area contributed by atoms with Crippen LogP contribution < -0.4 is 11.1 Å². The molecule has 7 nitrogen and oxygen atoms in total. The van der Waals surface area contributed by atoms with E-state index in [1.165, 1.54) is 4.68 Å². The molecule has 0 radical (unpaired) electrons. The Kier molecular flexibility index (Phi) is 6.09. The number of Topliss-reactive ketones (excluding diaryl/α,β-unsaturated/α-hetero) is 1. The first-order chi connectivity index (χ1) is 13.9. The lowest BCUT2D eigenvalue weighted by Gasteiger charge is -2.16. The summed E-state index contributed by atoms with van der Waals surface area (Å²) < 4.78 is 1.38. The summed E-state index contributed by atoms with van der Waals surface area (Å²) in [7, 11) is 1.61. The van der Waals surface area contributed by atoms with Crippen LogP contribution in [0.4, 0.5) is 0 Å². The number of halogens is 1. The summed E-state index contributed by atoms with van der Waals surface area (Å²) in [5, 5.41) is 7.04. The lowest BCUT2D eigenvalue weighted by Crippen LogP contribution is -2.47. The molecule has 3 aromatic rings. The van der Waals surface area contributed by atoms with Crippen LogP contribution in [0.2, 0.25) is 5.15 Å². The van der Waals surface area contributed by atoms with Gasteiger partial charge in [-0.05, 0) is 5.56 Å². The van der Waals surface area contributed by atoms with Crippen molar-refractivity contribution in [3.8, 4) is 11.3 Å². The number of nitrogens with zero attached hydrogens (tertiary/aromatic N) is 2. The Hall–Kier alpha value is -3.45. The second-order valence-electron chi connectivity index (χ2n) is 6.45. The van der Waals surface area contributed by atoms with Crippen LogP contribution in [0.25, 0.3) is 11.3 Å². The first kappa shape index (κ1) is 20.3. The van der Waals surface area contributed by atoms with Crippen molar-refractivity contribution < 1.29 is 14.4 Å². The molecule has 29 heavy (non-hydrogen) atoms. The van der Waals surface area contributed by atoms with E-state index < -0.39 is 23.6 Å². The maximum Gasteiger partial charge on any atom is 0.287 e. The summed E-state index contributed by atoms with van der Waals surface area (Å²) in [5.41, 5.74) is 7.14. The third-order valence-electron chi connectivity index (χ3n) is 4.40. The van der Waals surface area contributed by atoms with Crippen molar-refractivity contribution in [2.45, 2.75) is 12.5 Å². The third-order valence-corrected chi connectivity index (χ3v) is 4.83. The van der Waals surface area contributed by atoms with Gasteiger partial charge in [-0.25, -0.2) is 0 Å². The molecule has 0 aliphatic carbocycles. The topological polar surface area (TPSA) is 107 Å². The van der Waals surface area contributed by atoms with Crippen LogP contribution in [0.5, 0.6) is 0 Å². The third kappa shape index (κ3) is 4.52. The molecule has 0 spiro atoms. The Labute approximate surface area is 172 Å². The quantitative estimate of drug-likeness (QED) is 0.582. The van der Waals surface area contributed by atoms with Crippen molar-refractivity contribution in [3.05, 3.63) is 76.9 Å². The van der Waals surface area contributed by atoms with E-state index in [4.69, 9.17) is 17.3 Å². The van der Waals surface area contributed by atoms with E-state index in [-0.39, 0.29) is 17.1 Å². The van der Waals surface area contributed by atoms with Gasteiger partial charge >= 0.3 is 0 Å². The number of nitrogens with one attached hydrogen (secondary N) is 1. The molecule has 2 amide bonds. The molecule has 8 heteroatoms. The van der Waals surface area contributed by atoms with Gasteiger partial charge in [-0.1, -0.05) is 72.3 Å². The van der Waals surface area contributed by atoms with Gasteiger partial charge in [0.15, 0.2) is 0 Å². The summed E-state index contributed by atoms with van der Waals surface area (Å²) in [4.78, 5) is 36.9. The van der Waals surface area contributed by atoms with Crippen LogP contribution in [-0.4, -0.2) is 33.4 Å². The predicted octanol–water partition coefficient (Wildman–Crippen LogP) is 2.14. The summed E-state index contributed by atoms with van der Waals surface area (Å²) in [6.45, 7) is 0. The highest BCUT2D eigenvalue weighted by Gasteiger charge is 2.29. The Morgan fingerprint density at radius 3 is 2.24 bits per heavy atom. The minimum atomic E-state index is -1.12. The van der Waals surface area contributed by atoms with Gasteiger partial charge in [0, 0.05) is 19.0 Å². The number of ketones is 1. The zero-order valence-corrected chi connectivity index (χ0v) is 16.4. The number of carbonyl (C=O) groups excluding carboxylic acids is 3. The summed E-state index contributed by atoms with van der Waals surface area (Å²) >= 11 is 6.31. The number of benzene rings is 2. The molecule has 0 saturated carbocycles. The molecule has 148 valence electrons. The molecular weight excluding hydrogens is 392 g/mol. The molecule has 0 unspecified atom stereocenters. The van der Waals surface area contributed by atoms with Crippen molar-refractivity contribution in [1.82, 2.24) is 15.1 Å². The molecule has 0 aliphatic rings. The largest absolute Gasteiger partial charge is 0.363 e. The number of hydrogen-bond acceptors (Lipinski definition) is 4. The normalized spacial score (nSPS) is 11.7. The minimum absolute atomic E-state index is 0.117. The highest BCUT2D eigenvalue weighted by Crippen LogP contribution is 2.28. The first-order valence-corrected chi connectivity index (χ1v) is 9.22. The van der Waals surface area contributed by atoms with Crippen LogP contribution in [0.15, 0.2) is 60.7 Å². The van der Waals surface area contributed by atoms with Crippen LogP contribution in [0, 0.1) is 0 Å². The van der Waals surface area contributed by atoms with Crippen LogP contribution >= 0.6 is 11.6 Å². The van der Waals surface area contributed by atoms with Crippen molar-refractivity contribution in [2.24, 2.45) is 12.8 Å². The van der Waals surface area contributed by atoms with Crippen LogP contribution in [-0.2, 0) is 23.1 Å². The van der Waals surface area contributed by atoms with Crippen LogP contribution in [0.3, 0.4) is 0 Å². The molecule has 3 N–H and O–H groups in total. The van der Waals surface area contributed by atoms with Gasteiger partial charge in [0.2, 0.25) is 5.78 Å². The maximum absolute atomic E-state index is 13.0. The summed E-state index contributed by atoms with van der Waals surface area (Å²) in [5.74, 6) is -2.62. The highest BCUT2D eigenvalue weighted by molar-refractivity contribution is 6.38. The van der Waals surface area contributed by atoms with Gasteiger partial charge in [0.25, 0.3) is 11.8 Å². The molecule has 1 heterocycles. The number of amides is 2. The zero-order chi connectivity index (χ0) is 21.0. The van der Waals surface area contributed by atoms with Crippen molar-refractivity contribution >= 4 is 29.2 Å². The van der Waals surface area contributed by atoms with Crippen LogP contribution in [0.1, 0.15) is 15.9 Å². The van der Waals surface area contributed by atoms with Gasteiger partial charge < -0.3 is 11.1 Å². The minimum Gasteiger partial charge on any atom is -0.363 e. The van der Waals surface area contributed by atoms with E-state index >= 15 is 0 Å². The molecular formula is C21H19ClN4O3. The second-order valence-corrected chi connectivity index (χ2v) is 6.81. The Morgan fingerprint density at radius 2 is 1.66 bits per heavy atom. The SMILES string of the molecule is Cn1nc(-c2ccccc2)c(C(=O)N[C@@H](Cc2ccccc2)C(=O)C(N)=O)c1Cl. The fourth-order valence-electron chi connectivity index (χ4n) is 2.96. The van der Waals surface area contributed by atoms with Crippen molar-refractivity contribution in [2.75, 3.05) is 0 Å². The first-order valence-electron chi connectivity index (χ1n) is 8.84. The molecule has 2 aromatic carbocycles. The highest BCUT2D eigenvalue weighted by atomic mass is 35.5. The molecule has 0 aliphatic heterocycles.